The van der Waals surface area contributed by atoms with Crippen LogP contribution in [0.2, 0.25) is 0 Å². The highest BCUT2D eigenvalue weighted by Crippen LogP contribution is 2.21. The van der Waals surface area contributed by atoms with Crippen LogP contribution in [0.1, 0.15) is 20.3 Å². The molecule has 0 N–H and O–H groups in total. The lowest BCUT2D eigenvalue weighted by Gasteiger charge is -2.23. The van der Waals surface area contributed by atoms with Gasteiger partial charge >= 0.3 is 0 Å². The van der Waals surface area contributed by atoms with Gasteiger partial charge in [0.1, 0.15) is 6.10 Å². The summed E-state index contributed by atoms with van der Waals surface area (Å²) in [5.74, 6) is 2.84. The van der Waals surface area contributed by atoms with E-state index in [0.717, 1.165) is 6.42 Å². The Labute approximate surface area is 85.4 Å². The van der Waals surface area contributed by atoms with Gasteiger partial charge in [0.25, 0.3) is 5.91 Å². The molecule has 0 saturated carbocycles. The van der Waals surface area contributed by atoms with E-state index < -0.39 is 0 Å². The van der Waals surface area contributed by atoms with Gasteiger partial charge in [-0.1, -0.05) is 12.8 Å². The van der Waals surface area contributed by atoms with Gasteiger partial charge in [0.05, 0.1) is 6.54 Å². The Kier molecular flexibility index (Phi) is 3.97. The Morgan fingerprint density at radius 3 is 2.86 bits per heavy atom. The maximum Gasteiger partial charge on any atom is 0.252 e. The summed E-state index contributed by atoms with van der Waals surface area (Å²) >= 11 is 0. The molecule has 1 saturated heterocycles. The minimum atomic E-state index is -0.275. The zero-order chi connectivity index (χ0) is 10.6. The smallest absolute Gasteiger partial charge is 0.252 e. The third kappa shape index (κ3) is 2.27. The van der Waals surface area contributed by atoms with Crippen molar-refractivity contribution in [2.24, 2.45) is 5.92 Å². The number of ether oxygens (including phenoxy) is 1. The molecule has 0 aromatic heterocycles. The molecule has 1 aliphatic heterocycles. The summed E-state index contributed by atoms with van der Waals surface area (Å²) in [6, 6.07) is 0. The number of rotatable bonds is 3. The molecule has 0 spiro atoms. The molecular weight excluding hydrogens is 178 g/mol. The van der Waals surface area contributed by atoms with Crippen molar-refractivity contribution in [1.82, 2.24) is 4.90 Å². The second-order valence-electron chi connectivity index (χ2n) is 3.61. The summed E-state index contributed by atoms with van der Waals surface area (Å²) in [5, 5.41) is 0. The van der Waals surface area contributed by atoms with Gasteiger partial charge in [-0.15, -0.1) is 6.42 Å². The lowest BCUT2D eigenvalue weighted by molar-refractivity contribution is -0.141. The van der Waals surface area contributed by atoms with Crippen molar-refractivity contribution in [2.75, 3.05) is 19.7 Å². The lowest BCUT2D eigenvalue weighted by Crippen LogP contribution is -2.41. The van der Waals surface area contributed by atoms with Crippen molar-refractivity contribution in [3.63, 3.8) is 0 Å². The van der Waals surface area contributed by atoms with Crippen molar-refractivity contribution in [3.8, 4) is 12.3 Å². The van der Waals surface area contributed by atoms with Crippen LogP contribution in [-0.2, 0) is 9.53 Å². The molecule has 1 rings (SSSR count). The van der Waals surface area contributed by atoms with Crippen LogP contribution in [0.25, 0.3) is 0 Å². The molecule has 0 aromatic rings. The standard InChI is InChI=1S/C11H17NO2/c1-4-7-12(5-2)11(13)10-9(3)6-8-14-10/h1,9-10H,5-8H2,2-3H3. The highest BCUT2D eigenvalue weighted by molar-refractivity contribution is 5.81. The minimum absolute atomic E-state index is 0.0375. The van der Waals surface area contributed by atoms with Crippen molar-refractivity contribution in [3.05, 3.63) is 0 Å². The van der Waals surface area contributed by atoms with Crippen LogP contribution in [0.5, 0.6) is 0 Å². The van der Waals surface area contributed by atoms with Gasteiger partial charge in [0, 0.05) is 13.2 Å². The summed E-state index contributed by atoms with van der Waals surface area (Å²) in [4.78, 5) is 13.5. The zero-order valence-electron chi connectivity index (χ0n) is 8.82. The van der Waals surface area contributed by atoms with Crippen molar-refractivity contribution < 1.29 is 9.53 Å². The SMILES string of the molecule is C#CCN(CC)C(=O)C1OCCC1C. The molecule has 2 atom stereocenters. The van der Waals surface area contributed by atoms with Gasteiger partial charge in [0.15, 0.2) is 0 Å². The second kappa shape index (κ2) is 5.02. The number of terminal acetylenes is 1. The molecular formula is C11H17NO2. The largest absolute Gasteiger partial charge is 0.368 e. The van der Waals surface area contributed by atoms with E-state index in [1.165, 1.54) is 0 Å². The summed E-state index contributed by atoms with van der Waals surface area (Å²) in [5.41, 5.74) is 0. The molecule has 1 amide bonds. The highest BCUT2D eigenvalue weighted by atomic mass is 16.5. The van der Waals surface area contributed by atoms with Crippen molar-refractivity contribution >= 4 is 5.91 Å². The number of carbonyl (C=O) groups excluding carboxylic acids is 1. The summed E-state index contributed by atoms with van der Waals surface area (Å²) < 4.78 is 5.40. The van der Waals surface area contributed by atoms with Crippen LogP contribution in [0.4, 0.5) is 0 Å². The van der Waals surface area contributed by atoms with E-state index in [9.17, 15) is 4.79 Å². The van der Waals surface area contributed by atoms with E-state index in [1.54, 1.807) is 4.90 Å². The first-order valence-corrected chi connectivity index (χ1v) is 5.04. The van der Waals surface area contributed by atoms with Gasteiger partial charge in [0.2, 0.25) is 0 Å². The van der Waals surface area contributed by atoms with E-state index in [1.807, 2.05) is 13.8 Å². The van der Waals surface area contributed by atoms with Crippen LogP contribution < -0.4 is 0 Å². The van der Waals surface area contributed by atoms with Gasteiger partial charge in [-0.3, -0.25) is 4.79 Å². The van der Waals surface area contributed by atoms with Crippen LogP contribution in [0, 0.1) is 18.3 Å². The van der Waals surface area contributed by atoms with Crippen molar-refractivity contribution in [2.45, 2.75) is 26.4 Å². The highest BCUT2D eigenvalue weighted by Gasteiger charge is 2.33. The van der Waals surface area contributed by atoms with E-state index in [0.29, 0.717) is 25.6 Å². The molecule has 0 radical (unpaired) electrons. The molecule has 0 aromatic carbocycles. The Morgan fingerprint density at radius 2 is 2.43 bits per heavy atom. The molecule has 1 fully saturated rings. The number of carbonyl (C=O) groups is 1. The average molecular weight is 195 g/mol. The Balaban J connectivity index is 2.58. The van der Waals surface area contributed by atoms with Gasteiger partial charge in [-0.05, 0) is 19.3 Å². The molecule has 0 bridgehead atoms. The zero-order valence-corrected chi connectivity index (χ0v) is 8.82. The summed E-state index contributed by atoms with van der Waals surface area (Å²) in [6.07, 6.45) is 5.88. The molecule has 1 aliphatic rings. The third-order valence-corrected chi connectivity index (χ3v) is 2.61. The first kappa shape index (κ1) is 11.1. The maximum atomic E-state index is 11.9. The number of amides is 1. The number of nitrogens with zero attached hydrogens (tertiary/aromatic N) is 1. The quantitative estimate of drug-likeness (QED) is 0.626. The average Bonchev–Trinajstić information content (AvgIpc) is 2.59. The molecule has 14 heavy (non-hydrogen) atoms. The first-order chi connectivity index (χ1) is 6.70. The summed E-state index contributed by atoms with van der Waals surface area (Å²) in [7, 11) is 0. The summed E-state index contributed by atoms with van der Waals surface area (Å²) in [6.45, 7) is 5.68. The van der Waals surface area contributed by atoms with Crippen LogP contribution in [0.3, 0.4) is 0 Å². The van der Waals surface area contributed by atoms with Crippen LogP contribution in [0.15, 0.2) is 0 Å². The van der Waals surface area contributed by atoms with Gasteiger partial charge in [-0.25, -0.2) is 0 Å². The fraction of sp³-hybridized carbons (Fsp3) is 0.727. The predicted molar refractivity (Wildman–Crippen MR) is 54.6 cm³/mol. The Bertz CT molecular complexity index is 244. The molecule has 78 valence electrons. The normalized spacial score (nSPS) is 25.8. The lowest BCUT2D eigenvalue weighted by atomic mass is 10.0. The van der Waals surface area contributed by atoms with Gasteiger partial charge < -0.3 is 9.64 Å². The third-order valence-electron chi connectivity index (χ3n) is 2.61. The molecule has 0 aliphatic carbocycles. The fourth-order valence-electron chi connectivity index (χ4n) is 1.65. The topological polar surface area (TPSA) is 29.5 Å². The van der Waals surface area contributed by atoms with Crippen LogP contribution in [-0.4, -0.2) is 36.6 Å². The van der Waals surface area contributed by atoms with Crippen LogP contribution >= 0.6 is 0 Å². The molecule has 2 unspecified atom stereocenters. The molecule has 1 heterocycles. The van der Waals surface area contributed by atoms with Gasteiger partial charge in [-0.2, -0.15) is 0 Å². The fourth-order valence-corrected chi connectivity index (χ4v) is 1.65. The van der Waals surface area contributed by atoms with E-state index in [4.69, 9.17) is 11.2 Å². The first-order valence-electron chi connectivity index (χ1n) is 5.04. The maximum absolute atomic E-state index is 11.9. The Hall–Kier alpha value is -1.01. The van der Waals surface area contributed by atoms with E-state index in [2.05, 4.69) is 5.92 Å². The molecule has 3 nitrogen and oxygen atoms in total. The predicted octanol–water partition coefficient (Wildman–Crippen LogP) is 0.893. The number of likely N-dealkylation sites (N-methyl/N-ethyl adjacent to an activating group) is 1. The minimum Gasteiger partial charge on any atom is -0.368 e. The molecule has 3 heteroatoms. The Morgan fingerprint density at radius 1 is 1.71 bits per heavy atom. The van der Waals surface area contributed by atoms with E-state index in [-0.39, 0.29) is 12.0 Å². The van der Waals surface area contributed by atoms with Crippen molar-refractivity contribution in [1.29, 1.82) is 0 Å². The monoisotopic (exact) mass is 195 g/mol. The second-order valence-corrected chi connectivity index (χ2v) is 3.61. The number of hydrogen-bond acceptors (Lipinski definition) is 2. The van der Waals surface area contributed by atoms with E-state index >= 15 is 0 Å². The number of hydrogen-bond donors (Lipinski definition) is 0.